The van der Waals surface area contributed by atoms with Crippen molar-refractivity contribution in [3.05, 3.63) is 46.4 Å². The number of thiazole rings is 1. The highest BCUT2D eigenvalue weighted by molar-refractivity contribution is 7.07. The van der Waals surface area contributed by atoms with Crippen LogP contribution in [0.3, 0.4) is 0 Å². The molecule has 1 fully saturated rings. The Kier molecular flexibility index (Phi) is 6.20. The molecule has 0 bridgehead atoms. The van der Waals surface area contributed by atoms with Crippen molar-refractivity contribution in [2.24, 2.45) is 5.92 Å². The van der Waals surface area contributed by atoms with Crippen molar-refractivity contribution in [3.63, 3.8) is 0 Å². The second-order valence-corrected chi connectivity index (χ2v) is 6.61. The maximum atomic E-state index is 12.3. The summed E-state index contributed by atoms with van der Waals surface area (Å²) in [5.41, 5.74) is 3.18. The van der Waals surface area contributed by atoms with Crippen LogP contribution in [0.15, 0.2) is 35.2 Å². The van der Waals surface area contributed by atoms with E-state index in [4.69, 9.17) is 9.47 Å². The van der Waals surface area contributed by atoms with Gasteiger partial charge in [0.1, 0.15) is 12.4 Å². The minimum atomic E-state index is -0.119. The van der Waals surface area contributed by atoms with Crippen molar-refractivity contribution in [1.82, 2.24) is 10.3 Å². The molecule has 0 radical (unpaired) electrons. The molecule has 1 heterocycles. The van der Waals surface area contributed by atoms with E-state index in [9.17, 15) is 4.79 Å². The first-order chi connectivity index (χ1) is 11.8. The number of para-hydroxylation sites is 1. The Hall–Kier alpha value is -1.92. The topological polar surface area (TPSA) is 60.5 Å². The highest BCUT2D eigenvalue weighted by atomic mass is 32.1. The number of amides is 1. The van der Waals surface area contributed by atoms with Gasteiger partial charge in [-0.15, -0.1) is 11.3 Å². The van der Waals surface area contributed by atoms with E-state index in [0.717, 1.165) is 24.6 Å². The molecule has 0 aliphatic heterocycles. The van der Waals surface area contributed by atoms with Crippen molar-refractivity contribution in [1.29, 1.82) is 0 Å². The number of benzene rings is 1. The fourth-order valence-corrected chi connectivity index (χ4v) is 2.79. The number of hydrogen-bond acceptors (Lipinski definition) is 5. The van der Waals surface area contributed by atoms with Gasteiger partial charge in [0.2, 0.25) is 0 Å². The van der Waals surface area contributed by atoms with E-state index in [2.05, 4.69) is 10.3 Å². The Morgan fingerprint density at radius 2 is 2.21 bits per heavy atom. The van der Waals surface area contributed by atoms with Crippen LogP contribution in [-0.2, 0) is 11.3 Å². The number of aromatic nitrogens is 1. The van der Waals surface area contributed by atoms with Crippen LogP contribution in [0.2, 0.25) is 0 Å². The fraction of sp³-hybridized carbons (Fsp3) is 0.444. The summed E-state index contributed by atoms with van der Waals surface area (Å²) in [6, 6.07) is 7.28. The molecular formula is C18H22N2O3S. The summed E-state index contributed by atoms with van der Waals surface area (Å²) in [6.45, 7) is 2.52. The Bertz CT molecular complexity index is 641. The lowest BCUT2D eigenvalue weighted by Gasteiger charge is -2.11. The number of rotatable bonds is 10. The number of nitrogens with one attached hydrogen (secondary N) is 1. The highest BCUT2D eigenvalue weighted by Crippen LogP contribution is 2.28. The van der Waals surface area contributed by atoms with E-state index < -0.39 is 0 Å². The quantitative estimate of drug-likeness (QED) is 0.671. The van der Waals surface area contributed by atoms with Gasteiger partial charge in [-0.25, -0.2) is 4.98 Å². The van der Waals surface area contributed by atoms with Gasteiger partial charge in [0.15, 0.2) is 0 Å². The molecule has 5 nitrogen and oxygen atoms in total. The maximum absolute atomic E-state index is 12.3. The van der Waals surface area contributed by atoms with E-state index in [1.807, 2.05) is 17.5 Å². The molecule has 1 aliphatic rings. The van der Waals surface area contributed by atoms with Crippen molar-refractivity contribution in [3.8, 4) is 5.75 Å². The second kappa shape index (κ2) is 8.80. The number of nitrogens with zero attached hydrogens (tertiary/aromatic N) is 1. The third kappa shape index (κ3) is 5.32. The summed E-state index contributed by atoms with van der Waals surface area (Å²) in [5.74, 6) is 1.24. The first kappa shape index (κ1) is 16.9. The van der Waals surface area contributed by atoms with Crippen molar-refractivity contribution in [2.75, 3.05) is 19.8 Å². The number of carbonyl (C=O) groups is 1. The Labute approximate surface area is 146 Å². The Morgan fingerprint density at radius 1 is 1.33 bits per heavy atom. The zero-order valence-corrected chi connectivity index (χ0v) is 14.4. The standard InChI is InChI=1S/C18H22N2O3S/c21-18(19-8-3-9-22-10-14-6-7-14)16-4-1-2-5-17(16)23-11-15-12-24-13-20-15/h1-2,4-5,12-14H,3,6-11H2,(H,19,21). The van der Waals surface area contributed by atoms with Crippen LogP contribution < -0.4 is 10.1 Å². The summed E-state index contributed by atoms with van der Waals surface area (Å²) >= 11 is 1.53. The molecule has 24 heavy (non-hydrogen) atoms. The molecule has 1 aromatic heterocycles. The highest BCUT2D eigenvalue weighted by Gasteiger charge is 2.20. The second-order valence-electron chi connectivity index (χ2n) is 5.89. The molecule has 1 aliphatic carbocycles. The minimum Gasteiger partial charge on any atom is -0.486 e. The first-order valence-corrected chi connectivity index (χ1v) is 9.22. The zero-order valence-electron chi connectivity index (χ0n) is 13.6. The average Bonchev–Trinajstić information content (AvgIpc) is 3.28. The predicted molar refractivity (Wildman–Crippen MR) is 93.4 cm³/mol. The van der Waals surface area contributed by atoms with Crippen LogP contribution in [-0.4, -0.2) is 30.6 Å². The van der Waals surface area contributed by atoms with Crippen LogP contribution >= 0.6 is 11.3 Å². The van der Waals surface area contributed by atoms with Crippen LogP contribution in [0, 0.1) is 5.92 Å². The summed E-state index contributed by atoms with van der Waals surface area (Å²) in [4.78, 5) is 16.5. The molecule has 1 saturated carbocycles. The van der Waals surface area contributed by atoms with Gasteiger partial charge in [0.05, 0.1) is 16.8 Å². The molecule has 6 heteroatoms. The zero-order chi connectivity index (χ0) is 16.6. The lowest BCUT2D eigenvalue weighted by atomic mass is 10.2. The van der Waals surface area contributed by atoms with Gasteiger partial charge in [-0.3, -0.25) is 4.79 Å². The van der Waals surface area contributed by atoms with Gasteiger partial charge < -0.3 is 14.8 Å². The van der Waals surface area contributed by atoms with Crippen molar-refractivity contribution >= 4 is 17.2 Å². The lowest BCUT2D eigenvalue weighted by molar-refractivity contribution is 0.0933. The summed E-state index contributed by atoms with van der Waals surface area (Å²) in [5, 5.41) is 4.86. The number of hydrogen-bond donors (Lipinski definition) is 1. The molecule has 1 amide bonds. The monoisotopic (exact) mass is 346 g/mol. The SMILES string of the molecule is O=C(NCCCOCC1CC1)c1ccccc1OCc1cscn1. The van der Waals surface area contributed by atoms with Gasteiger partial charge in [-0.05, 0) is 37.3 Å². The molecule has 128 valence electrons. The summed E-state index contributed by atoms with van der Waals surface area (Å²) < 4.78 is 11.3. The molecular weight excluding hydrogens is 324 g/mol. The Morgan fingerprint density at radius 3 is 3.00 bits per heavy atom. The number of ether oxygens (including phenoxy) is 2. The molecule has 2 aromatic rings. The molecule has 3 rings (SSSR count). The predicted octanol–water partition coefficient (Wildman–Crippen LogP) is 3.27. The van der Waals surface area contributed by atoms with Crippen LogP contribution in [0.1, 0.15) is 35.3 Å². The van der Waals surface area contributed by atoms with Gasteiger partial charge in [0, 0.05) is 25.1 Å². The van der Waals surface area contributed by atoms with E-state index in [-0.39, 0.29) is 5.91 Å². The number of carbonyl (C=O) groups excluding carboxylic acids is 1. The first-order valence-electron chi connectivity index (χ1n) is 8.28. The van der Waals surface area contributed by atoms with Crippen LogP contribution in [0.25, 0.3) is 0 Å². The van der Waals surface area contributed by atoms with E-state index >= 15 is 0 Å². The van der Waals surface area contributed by atoms with Gasteiger partial charge in [0.25, 0.3) is 5.91 Å². The molecule has 0 unspecified atom stereocenters. The van der Waals surface area contributed by atoms with Crippen LogP contribution in [0.4, 0.5) is 0 Å². The molecule has 0 spiro atoms. The largest absolute Gasteiger partial charge is 0.486 e. The van der Waals surface area contributed by atoms with Gasteiger partial charge >= 0.3 is 0 Å². The average molecular weight is 346 g/mol. The summed E-state index contributed by atoms with van der Waals surface area (Å²) in [7, 11) is 0. The fourth-order valence-electron chi connectivity index (χ4n) is 2.25. The maximum Gasteiger partial charge on any atom is 0.255 e. The van der Waals surface area contributed by atoms with E-state index in [1.165, 1.54) is 24.2 Å². The Balaban J connectivity index is 1.43. The smallest absolute Gasteiger partial charge is 0.255 e. The minimum absolute atomic E-state index is 0.119. The van der Waals surface area contributed by atoms with Crippen LogP contribution in [0.5, 0.6) is 5.75 Å². The van der Waals surface area contributed by atoms with E-state index in [0.29, 0.717) is 31.1 Å². The third-order valence-corrected chi connectivity index (χ3v) is 4.43. The lowest BCUT2D eigenvalue weighted by Crippen LogP contribution is -2.25. The van der Waals surface area contributed by atoms with Gasteiger partial charge in [-0.1, -0.05) is 12.1 Å². The summed E-state index contributed by atoms with van der Waals surface area (Å²) in [6.07, 6.45) is 3.42. The molecule has 0 atom stereocenters. The van der Waals surface area contributed by atoms with Crippen molar-refractivity contribution in [2.45, 2.75) is 25.9 Å². The molecule has 1 N–H and O–H groups in total. The molecule has 1 aromatic carbocycles. The normalized spacial score (nSPS) is 13.7. The van der Waals surface area contributed by atoms with E-state index in [1.54, 1.807) is 17.6 Å². The van der Waals surface area contributed by atoms with Gasteiger partial charge in [-0.2, -0.15) is 0 Å². The molecule has 0 saturated heterocycles. The van der Waals surface area contributed by atoms with Crippen molar-refractivity contribution < 1.29 is 14.3 Å². The third-order valence-electron chi connectivity index (χ3n) is 3.79.